The number of amides is 1. The van der Waals surface area contributed by atoms with Crippen LogP contribution in [0.1, 0.15) is 38.2 Å². The average Bonchev–Trinajstić information content (AvgIpc) is 3.03. The van der Waals surface area contributed by atoms with E-state index in [-0.39, 0.29) is 6.04 Å². The van der Waals surface area contributed by atoms with Gasteiger partial charge in [-0.15, -0.1) is 0 Å². The largest absolute Gasteiger partial charge is 0.353 e. The summed E-state index contributed by atoms with van der Waals surface area (Å²) in [4.78, 5) is 12.4. The molecule has 2 aliphatic carbocycles. The molecule has 4 atom stereocenters. The number of nitrogens with one attached hydrogen (secondary N) is 1. The van der Waals surface area contributed by atoms with E-state index in [0.29, 0.717) is 17.7 Å². The zero-order chi connectivity index (χ0) is 14.1. The molecule has 20 heavy (non-hydrogen) atoms. The maximum absolute atomic E-state index is 12.4. The van der Waals surface area contributed by atoms with Crippen LogP contribution in [0.25, 0.3) is 0 Å². The lowest BCUT2D eigenvalue weighted by Crippen LogP contribution is -2.40. The molecule has 2 nitrogen and oxygen atoms in total. The Balaban J connectivity index is 1.52. The fourth-order valence-electron chi connectivity index (χ4n) is 3.94. The maximum atomic E-state index is 12.4. The predicted molar refractivity (Wildman–Crippen MR) is 84.4 cm³/mol. The third kappa shape index (κ3) is 3.08. The number of hydrogen-bond donors (Lipinski definition) is 1. The van der Waals surface area contributed by atoms with Crippen molar-refractivity contribution in [2.75, 3.05) is 0 Å². The van der Waals surface area contributed by atoms with Crippen molar-refractivity contribution in [3.05, 3.63) is 34.3 Å². The van der Waals surface area contributed by atoms with Gasteiger partial charge >= 0.3 is 0 Å². The highest BCUT2D eigenvalue weighted by Crippen LogP contribution is 2.48. The van der Waals surface area contributed by atoms with Gasteiger partial charge in [0.05, 0.1) is 0 Å². The summed E-state index contributed by atoms with van der Waals surface area (Å²) in [5.41, 5.74) is 1.27. The first kappa shape index (κ1) is 14.1. The molecule has 1 aromatic carbocycles. The summed E-state index contributed by atoms with van der Waals surface area (Å²) in [7, 11) is 0. The van der Waals surface area contributed by atoms with Crippen molar-refractivity contribution in [2.45, 2.75) is 45.1 Å². The summed E-state index contributed by atoms with van der Waals surface area (Å²) < 4.78 is 1.10. The highest BCUT2D eigenvalue weighted by atomic mass is 79.9. The molecule has 108 valence electrons. The van der Waals surface area contributed by atoms with E-state index >= 15 is 0 Å². The molecule has 1 N–H and O–H groups in total. The molecule has 0 spiro atoms. The Morgan fingerprint density at radius 2 is 2.05 bits per heavy atom. The second kappa shape index (κ2) is 5.88. The summed E-state index contributed by atoms with van der Waals surface area (Å²) in [5, 5.41) is 3.22. The van der Waals surface area contributed by atoms with E-state index in [1.807, 2.05) is 0 Å². The summed E-state index contributed by atoms with van der Waals surface area (Å²) >= 11 is 3.45. The number of carbonyl (C=O) groups excluding carboxylic acids is 1. The minimum absolute atomic E-state index is 0.211. The molecular formula is C17H22BrNO. The monoisotopic (exact) mass is 335 g/mol. The Labute approximate surface area is 129 Å². The van der Waals surface area contributed by atoms with E-state index in [2.05, 4.69) is 52.4 Å². The van der Waals surface area contributed by atoms with Crippen molar-refractivity contribution in [3.63, 3.8) is 0 Å². The predicted octanol–water partition coefficient (Wildman–Crippen LogP) is 3.93. The van der Waals surface area contributed by atoms with Gasteiger partial charge in [-0.25, -0.2) is 0 Å². The Morgan fingerprint density at radius 1 is 1.30 bits per heavy atom. The van der Waals surface area contributed by atoms with Crippen LogP contribution in [0.15, 0.2) is 28.7 Å². The summed E-state index contributed by atoms with van der Waals surface area (Å²) in [5.74, 6) is 2.08. The van der Waals surface area contributed by atoms with Crippen LogP contribution in [-0.2, 0) is 11.2 Å². The highest BCUT2D eigenvalue weighted by molar-refractivity contribution is 9.10. The van der Waals surface area contributed by atoms with Crippen LogP contribution in [0.4, 0.5) is 0 Å². The zero-order valence-corrected chi connectivity index (χ0v) is 13.5. The molecule has 1 aromatic rings. The van der Waals surface area contributed by atoms with E-state index in [1.165, 1.54) is 24.8 Å². The molecule has 3 heteroatoms. The van der Waals surface area contributed by atoms with Crippen molar-refractivity contribution in [1.29, 1.82) is 0 Å². The van der Waals surface area contributed by atoms with Crippen LogP contribution in [0.3, 0.4) is 0 Å². The highest BCUT2D eigenvalue weighted by Gasteiger charge is 2.43. The van der Waals surface area contributed by atoms with Gasteiger partial charge < -0.3 is 5.32 Å². The second-order valence-electron chi connectivity index (χ2n) is 6.52. The van der Waals surface area contributed by atoms with Crippen molar-refractivity contribution >= 4 is 21.8 Å². The maximum Gasteiger partial charge on any atom is 0.223 e. The normalized spacial score (nSPS) is 29.4. The first-order valence-electron chi connectivity index (χ1n) is 7.66. The van der Waals surface area contributed by atoms with Gasteiger partial charge in [-0.2, -0.15) is 0 Å². The van der Waals surface area contributed by atoms with E-state index < -0.39 is 0 Å². The van der Waals surface area contributed by atoms with Crippen molar-refractivity contribution in [2.24, 2.45) is 17.8 Å². The molecule has 0 radical (unpaired) electrons. The number of rotatable bonds is 4. The summed E-state index contributed by atoms with van der Waals surface area (Å²) in [6, 6.07) is 8.55. The van der Waals surface area contributed by atoms with Gasteiger partial charge in [0, 0.05) is 16.4 Å². The Hall–Kier alpha value is -0.830. The number of hydrogen-bond acceptors (Lipinski definition) is 1. The molecule has 0 heterocycles. The lowest BCUT2D eigenvalue weighted by Gasteiger charge is -2.23. The number of carbonyl (C=O) groups is 1. The minimum Gasteiger partial charge on any atom is -0.353 e. The first-order chi connectivity index (χ1) is 9.61. The number of fused-ring (bicyclic) bond motifs is 2. The third-order valence-corrected chi connectivity index (χ3v) is 5.45. The zero-order valence-electron chi connectivity index (χ0n) is 11.9. The van der Waals surface area contributed by atoms with Crippen molar-refractivity contribution in [3.8, 4) is 0 Å². The lowest BCUT2D eigenvalue weighted by atomic mass is 9.88. The van der Waals surface area contributed by atoms with Crippen LogP contribution in [-0.4, -0.2) is 11.9 Å². The molecule has 3 rings (SSSR count). The topological polar surface area (TPSA) is 29.1 Å². The van der Waals surface area contributed by atoms with Crippen LogP contribution < -0.4 is 5.32 Å². The third-order valence-electron chi connectivity index (χ3n) is 4.92. The molecule has 0 aromatic heterocycles. The van der Waals surface area contributed by atoms with Gasteiger partial charge in [0.2, 0.25) is 5.91 Å². The quantitative estimate of drug-likeness (QED) is 0.887. The molecule has 0 saturated heterocycles. The van der Waals surface area contributed by atoms with Gasteiger partial charge in [0.15, 0.2) is 0 Å². The molecule has 1 amide bonds. The molecule has 2 bridgehead atoms. The van der Waals surface area contributed by atoms with Crippen LogP contribution in [0, 0.1) is 17.8 Å². The minimum atomic E-state index is 0.211. The van der Waals surface area contributed by atoms with E-state index in [9.17, 15) is 4.79 Å². The van der Waals surface area contributed by atoms with Crippen LogP contribution in [0.5, 0.6) is 0 Å². The van der Waals surface area contributed by atoms with Gasteiger partial charge in [-0.1, -0.05) is 34.5 Å². The molecule has 2 fully saturated rings. The standard InChI is InChI=1S/C17H22BrNO/c1-11(8-12-3-6-15(18)7-4-12)19-17(20)16-10-13-2-5-14(16)9-13/h3-4,6-7,11,13-14,16H,2,5,8-10H2,1H3,(H,19,20)/t11-,13+,14+,16+/m1/s1. The van der Waals surface area contributed by atoms with Gasteiger partial charge in [-0.3, -0.25) is 4.79 Å². The van der Waals surface area contributed by atoms with Gasteiger partial charge in [-0.05, 0) is 62.1 Å². The first-order valence-corrected chi connectivity index (χ1v) is 8.46. The Morgan fingerprint density at radius 3 is 2.65 bits per heavy atom. The average molecular weight is 336 g/mol. The van der Waals surface area contributed by atoms with Crippen molar-refractivity contribution in [1.82, 2.24) is 5.32 Å². The fourth-order valence-corrected chi connectivity index (χ4v) is 4.21. The molecule has 2 saturated carbocycles. The van der Waals surface area contributed by atoms with Crippen molar-refractivity contribution < 1.29 is 4.79 Å². The molecule has 0 unspecified atom stereocenters. The second-order valence-corrected chi connectivity index (χ2v) is 7.44. The fraction of sp³-hybridized carbons (Fsp3) is 0.588. The molecular weight excluding hydrogens is 314 g/mol. The van der Waals surface area contributed by atoms with E-state index in [4.69, 9.17) is 0 Å². The summed E-state index contributed by atoms with van der Waals surface area (Å²) in [6.45, 7) is 2.10. The SMILES string of the molecule is C[C@H](Cc1ccc(Br)cc1)NC(=O)[C@H]1C[C@H]2CC[C@H]1C2. The molecule has 2 aliphatic rings. The Bertz CT molecular complexity index is 484. The molecule has 0 aliphatic heterocycles. The van der Waals surface area contributed by atoms with Crippen LogP contribution >= 0.6 is 15.9 Å². The smallest absolute Gasteiger partial charge is 0.223 e. The van der Waals surface area contributed by atoms with Gasteiger partial charge in [0.1, 0.15) is 0 Å². The van der Waals surface area contributed by atoms with E-state index in [0.717, 1.165) is 23.2 Å². The Kier molecular flexibility index (Phi) is 4.16. The number of halogens is 1. The van der Waals surface area contributed by atoms with E-state index in [1.54, 1.807) is 0 Å². The lowest BCUT2D eigenvalue weighted by molar-refractivity contribution is -0.127. The summed E-state index contributed by atoms with van der Waals surface area (Å²) in [6.07, 6.45) is 5.94. The van der Waals surface area contributed by atoms with Gasteiger partial charge in [0.25, 0.3) is 0 Å². The van der Waals surface area contributed by atoms with Crippen LogP contribution in [0.2, 0.25) is 0 Å². The number of benzene rings is 1.